The number of nitrogen functional groups attached to an aromatic ring is 1. The predicted molar refractivity (Wildman–Crippen MR) is 86.6 cm³/mol. The minimum Gasteiger partial charge on any atom is -0.396 e. The van der Waals surface area contributed by atoms with Crippen molar-refractivity contribution < 1.29 is 0 Å². The van der Waals surface area contributed by atoms with Crippen LogP contribution in [0.1, 0.15) is 26.7 Å². The molecule has 0 amide bonds. The summed E-state index contributed by atoms with van der Waals surface area (Å²) in [5, 5.41) is 1.10. The molecular formula is C15H20BrN3. The molecule has 0 bridgehead atoms. The summed E-state index contributed by atoms with van der Waals surface area (Å²) in [5.41, 5.74) is 8.96. The third-order valence-electron chi connectivity index (χ3n) is 3.67. The van der Waals surface area contributed by atoms with Crippen molar-refractivity contribution in [1.29, 1.82) is 0 Å². The van der Waals surface area contributed by atoms with Crippen LogP contribution in [-0.4, -0.2) is 18.1 Å². The largest absolute Gasteiger partial charge is 0.396 e. The third kappa shape index (κ3) is 2.68. The van der Waals surface area contributed by atoms with E-state index in [1.54, 1.807) is 6.20 Å². The van der Waals surface area contributed by atoms with Crippen molar-refractivity contribution in [2.75, 3.05) is 17.7 Å². The highest BCUT2D eigenvalue weighted by Crippen LogP contribution is 2.34. The van der Waals surface area contributed by atoms with E-state index in [4.69, 9.17) is 5.73 Å². The summed E-state index contributed by atoms with van der Waals surface area (Å²) in [4.78, 5) is 6.69. The number of hydrogen-bond acceptors (Lipinski definition) is 3. The van der Waals surface area contributed by atoms with Crippen LogP contribution in [-0.2, 0) is 0 Å². The molecule has 0 spiro atoms. The van der Waals surface area contributed by atoms with Crippen LogP contribution in [0.4, 0.5) is 11.4 Å². The minimum absolute atomic E-state index is 0.492. The van der Waals surface area contributed by atoms with Crippen molar-refractivity contribution in [3.8, 4) is 0 Å². The molecule has 2 N–H and O–H groups in total. The summed E-state index contributed by atoms with van der Waals surface area (Å²) >= 11 is 3.52. The Labute approximate surface area is 122 Å². The molecule has 102 valence electrons. The van der Waals surface area contributed by atoms with Crippen molar-refractivity contribution in [3.05, 3.63) is 28.9 Å². The maximum atomic E-state index is 6.17. The maximum absolute atomic E-state index is 6.17. The highest BCUT2D eigenvalue weighted by Gasteiger charge is 2.17. The summed E-state index contributed by atoms with van der Waals surface area (Å²) in [6.45, 7) is 4.42. The van der Waals surface area contributed by atoms with Gasteiger partial charge in [0.05, 0.1) is 23.1 Å². The number of fused-ring (bicyclic) bond motifs is 1. The molecule has 0 radical (unpaired) electrons. The van der Waals surface area contributed by atoms with E-state index >= 15 is 0 Å². The van der Waals surface area contributed by atoms with Gasteiger partial charge in [0.15, 0.2) is 0 Å². The van der Waals surface area contributed by atoms with Crippen LogP contribution in [0.25, 0.3) is 10.9 Å². The molecule has 0 atom stereocenters. The van der Waals surface area contributed by atoms with Gasteiger partial charge in [-0.15, -0.1) is 0 Å². The maximum Gasteiger partial charge on any atom is 0.0745 e. The van der Waals surface area contributed by atoms with Crippen LogP contribution in [0, 0.1) is 0 Å². The van der Waals surface area contributed by atoms with Gasteiger partial charge in [-0.25, -0.2) is 0 Å². The van der Waals surface area contributed by atoms with Gasteiger partial charge in [0.2, 0.25) is 0 Å². The van der Waals surface area contributed by atoms with Crippen molar-refractivity contribution in [2.24, 2.45) is 0 Å². The molecule has 2 rings (SSSR count). The van der Waals surface area contributed by atoms with Crippen molar-refractivity contribution in [3.63, 3.8) is 0 Å². The van der Waals surface area contributed by atoms with Gasteiger partial charge in [-0.2, -0.15) is 0 Å². The van der Waals surface area contributed by atoms with Gasteiger partial charge >= 0.3 is 0 Å². The number of pyridine rings is 1. The average molecular weight is 322 g/mol. The molecule has 1 aromatic heterocycles. The Bertz CT molecular complexity index is 574. The predicted octanol–water partition coefficient (Wildman–Crippen LogP) is 4.20. The third-order valence-corrected chi connectivity index (χ3v) is 4.17. The van der Waals surface area contributed by atoms with E-state index in [0.29, 0.717) is 6.04 Å². The zero-order chi connectivity index (χ0) is 14.0. The molecule has 3 nitrogen and oxygen atoms in total. The molecule has 0 aliphatic heterocycles. The summed E-state index contributed by atoms with van der Waals surface area (Å²) in [7, 11) is 2.11. The van der Waals surface area contributed by atoms with Crippen LogP contribution >= 0.6 is 15.9 Å². The quantitative estimate of drug-likeness (QED) is 0.917. The Morgan fingerprint density at radius 3 is 2.63 bits per heavy atom. The molecule has 0 saturated heterocycles. The SMILES string of the molecule is CCC(CC)N(C)c1c(N)cnc2ccc(Br)cc12. The number of nitrogens with zero attached hydrogens (tertiary/aromatic N) is 2. The van der Waals surface area contributed by atoms with Gasteiger partial charge in [0.25, 0.3) is 0 Å². The van der Waals surface area contributed by atoms with E-state index in [1.807, 2.05) is 12.1 Å². The lowest BCUT2D eigenvalue weighted by Crippen LogP contribution is -2.31. The lowest BCUT2D eigenvalue weighted by atomic mass is 10.1. The van der Waals surface area contributed by atoms with Gasteiger partial charge in [0.1, 0.15) is 0 Å². The summed E-state index contributed by atoms with van der Waals surface area (Å²) in [6, 6.07) is 6.61. The van der Waals surface area contributed by atoms with Crippen LogP contribution in [0.2, 0.25) is 0 Å². The van der Waals surface area contributed by atoms with Gasteiger partial charge in [-0.1, -0.05) is 29.8 Å². The van der Waals surface area contributed by atoms with Crippen LogP contribution < -0.4 is 10.6 Å². The smallest absolute Gasteiger partial charge is 0.0745 e. The average Bonchev–Trinajstić information content (AvgIpc) is 2.39. The monoisotopic (exact) mass is 321 g/mol. The summed E-state index contributed by atoms with van der Waals surface area (Å²) < 4.78 is 1.05. The molecule has 0 saturated carbocycles. The Kier molecular flexibility index (Phi) is 4.30. The standard InChI is InChI=1S/C15H20BrN3/c1-4-11(5-2)19(3)15-12-8-10(16)6-7-14(12)18-9-13(15)17/h6-9,11H,4-5,17H2,1-3H3. The molecule has 1 aromatic carbocycles. The molecule has 19 heavy (non-hydrogen) atoms. The molecule has 0 aliphatic carbocycles. The Hall–Kier alpha value is -1.29. The van der Waals surface area contributed by atoms with Crippen molar-refractivity contribution in [2.45, 2.75) is 32.7 Å². The van der Waals surface area contributed by atoms with Crippen molar-refractivity contribution in [1.82, 2.24) is 4.98 Å². The Morgan fingerprint density at radius 1 is 1.32 bits per heavy atom. The van der Waals surface area contributed by atoms with E-state index in [9.17, 15) is 0 Å². The molecule has 0 unspecified atom stereocenters. The second-order valence-electron chi connectivity index (χ2n) is 4.80. The number of halogens is 1. The van der Waals surface area contributed by atoms with E-state index in [-0.39, 0.29) is 0 Å². The lowest BCUT2D eigenvalue weighted by molar-refractivity contribution is 0.593. The number of benzene rings is 1. The number of hydrogen-bond donors (Lipinski definition) is 1. The lowest BCUT2D eigenvalue weighted by Gasteiger charge is -2.30. The fraction of sp³-hybridized carbons (Fsp3) is 0.400. The number of anilines is 2. The van der Waals surface area contributed by atoms with E-state index in [1.165, 1.54) is 0 Å². The minimum atomic E-state index is 0.492. The second kappa shape index (κ2) is 5.78. The van der Waals surface area contributed by atoms with Gasteiger partial charge in [-0.3, -0.25) is 4.98 Å². The van der Waals surface area contributed by atoms with E-state index < -0.39 is 0 Å². The number of aromatic nitrogens is 1. The molecule has 0 aliphatic rings. The zero-order valence-electron chi connectivity index (χ0n) is 11.7. The fourth-order valence-corrected chi connectivity index (χ4v) is 2.94. The molecule has 0 fully saturated rings. The Morgan fingerprint density at radius 2 is 2.00 bits per heavy atom. The highest BCUT2D eigenvalue weighted by atomic mass is 79.9. The molecular weight excluding hydrogens is 302 g/mol. The zero-order valence-corrected chi connectivity index (χ0v) is 13.2. The van der Waals surface area contributed by atoms with E-state index in [0.717, 1.165) is 39.6 Å². The van der Waals surface area contributed by atoms with Gasteiger partial charge in [-0.05, 0) is 31.0 Å². The summed E-state index contributed by atoms with van der Waals surface area (Å²) in [6.07, 6.45) is 3.96. The number of rotatable bonds is 4. The second-order valence-corrected chi connectivity index (χ2v) is 5.72. The first-order chi connectivity index (χ1) is 9.08. The van der Waals surface area contributed by atoms with Crippen LogP contribution in [0.3, 0.4) is 0 Å². The highest BCUT2D eigenvalue weighted by molar-refractivity contribution is 9.10. The van der Waals surface area contributed by atoms with Crippen molar-refractivity contribution >= 4 is 38.2 Å². The molecule has 2 aromatic rings. The van der Waals surface area contributed by atoms with Crippen LogP contribution in [0.5, 0.6) is 0 Å². The first-order valence-electron chi connectivity index (χ1n) is 6.65. The van der Waals surface area contributed by atoms with E-state index in [2.05, 4.69) is 52.8 Å². The molecule has 4 heteroatoms. The first kappa shape index (κ1) is 14.1. The topological polar surface area (TPSA) is 42.1 Å². The Balaban J connectivity index is 2.63. The normalized spacial score (nSPS) is 11.2. The van der Waals surface area contributed by atoms with Gasteiger partial charge in [0, 0.05) is 22.9 Å². The fourth-order valence-electron chi connectivity index (χ4n) is 2.58. The number of nitrogens with two attached hydrogens (primary N) is 1. The van der Waals surface area contributed by atoms with Gasteiger partial charge < -0.3 is 10.6 Å². The first-order valence-corrected chi connectivity index (χ1v) is 7.44. The van der Waals surface area contributed by atoms with Crippen LogP contribution in [0.15, 0.2) is 28.9 Å². The summed E-state index contributed by atoms with van der Waals surface area (Å²) in [5.74, 6) is 0. The molecule has 1 heterocycles.